The number of aryl methyl sites for hydroxylation is 1. The average molecular weight is 328 g/mol. The molecule has 0 N–H and O–H groups in total. The maximum Gasteiger partial charge on any atom is 0.225 e. The monoisotopic (exact) mass is 327 g/mol. The molecule has 0 aliphatic carbocycles. The Morgan fingerprint density at radius 3 is 2.61 bits per heavy atom. The smallest absolute Gasteiger partial charge is 0.225 e. The Hall–Kier alpha value is -2.10. The van der Waals surface area contributed by atoms with E-state index in [1.54, 1.807) is 0 Å². The molecule has 4 heteroatoms. The molecule has 0 unspecified atom stereocenters. The van der Waals surface area contributed by atoms with Crippen molar-refractivity contribution in [1.82, 2.24) is 0 Å². The Morgan fingerprint density at radius 2 is 1.87 bits per heavy atom. The lowest BCUT2D eigenvalue weighted by molar-refractivity contribution is 0.131. The van der Waals surface area contributed by atoms with Crippen LogP contribution in [0, 0.1) is 6.92 Å². The molecule has 0 saturated carbocycles. The van der Waals surface area contributed by atoms with Crippen LogP contribution in [0.5, 0.6) is 0 Å². The summed E-state index contributed by atoms with van der Waals surface area (Å²) in [4.78, 5) is 4.63. The number of benzene rings is 2. The van der Waals surface area contributed by atoms with E-state index in [-0.39, 0.29) is 0 Å². The molecule has 0 atom stereocenters. The van der Waals surface area contributed by atoms with E-state index in [1.807, 2.05) is 55.5 Å². The molecule has 3 nitrogen and oxygen atoms in total. The lowest BCUT2D eigenvalue weighted by Gasteiger charge is -2.05. The maximum atomic E-state index is 6.06. The number of ether oxygens (including phenoxy) is 1. The van der Waals surface area contributed by atoms with Crippen LogP contribution >= 0.6 is 11.6 Å². The fraction of sp³-hybridized carbons (Fsp3) is 0.211. The van der Waals surface area contributed by atoms with Crippen LogP contribution in [-0.2, 0) is 11.3 Å². The van der Waals surface area contributed by atoms with E-state index >= 15 is 0 Å². The lowest BCUT2D eigenvalue weighted by atomic mass is 10.2. The molecule has 3 aromatic rings. The van der Waals surface area contributed by atoms with E-state index in [9.17, 15) is 0 Å². The third kappa shape index (κ3) is 3.81. The van der Waals surface area contributed by atoms with Crippen molar-refractivity contribution in [1.29, 1.82) is 0 Å². The summed E-state index contributed by atoms with van der Waals surface area (Å²) >= 11 is 6.06. The molecule has 0 saturated heterocycles. The predicted octanol–water partition coefficient (Wildman–Crippen LogP) is 5.16. The molecular weight excluding hydrogens is 310 g/mol. The molecule has 0 spiro atoms. The van der Waals surface area contributed by atoms with Gasteiger partial charge in [-0.1, -0.05) is 29.3 Å². The highest BCUT2D eigenvalue weighted by atomic mass is 35.5. The van der Waals surface area contributed by atoms with Crippen molar-refractivity contribution in [3.63, 3.8) is 0 Å². The minimum Gasteiger partial charge on any atom is -0.438 e. The number of hydrogen-bond acceptors (Lipinski definition) is 3. The zero-order valence-electron chi connectivity index (χ0n) is 13.2. The van der Waals surface area contributed by atoms with Gasteiger partial charge in [0.25, 0.3) is 0 Å². The van der Waals surface area contributed by atoms with E-state index in [0.29, 0.717) is 23.8 Å². The standard InChI is InChI=1S/C19H18ClNO2/c1-3-22-12-15-10-14-11-16(20)6-9-18(14)23-19(15)21-17-7-4-13(2)5-8-17/h4-11H,3,12H2,1-2H3/b21-19-. The summed E-state index contributed by atoms with van der Waals surface area (Å²) in [5.41, 5.74) is 4.27. The van der Waals surface area contributed by atoms with Crippen molar-refractivity contribution in [2.24, 2.45) is 4.99 Å². The zero-order chi connectivity index (χ0) is 16.2. The fourth-order valence-corrected chi connectivity index (χ4v) is 2.47. The number of fused-ring (bicyclic) bond motifs is 1. The highest BCUT2D eigenvalue weighted by molar-refractivity contribution is 6.31. The maximum absolute atomic E-state index is 6.06. The largest absolute Gasteiger partial charge is 0.438 e. The molecule has 0 bridgehead atoms. The fourth-order valence-electron chi connectivity index (χ4n) is 2.29. The van der Waals surface area contributed by atoms with Gasteiger partial charge in [-0.3, -0.25) is 0 Å². The average Bonchev–Trinajstić information content (AvgIpc) is 2.55. The van der Waals surface area contributed by atoms with Gasteiger partial charge in [-0.2, -0.15) is 0 Å². The molecule has 0 amide bonds. The van der Waals surface area contributed by atoms with Crippen LogP contribution < -0.4 is 5.55 Å². The Balaban J connectivity index is 2.15. The Kier molecular flexibility index (Phi) is 4.79. The highest BCUT2D eigenvalue weighted by Gasteiger charge is 2.05. The van der Waals surface area contributed by atoms with Crippen molar-refractivity contribution in [3.8, 4) is 0 Å². The quantitative estimate of drug-likeness (QED) is 0.663. The first-order chi connectivity index (χ1) is 11.2. The van der Waals surface area contributed by atoms with Crippen LogP contribution in [0.3, 0.4) is 0 Å². The van der Waals surface area contributed by atoms with Gasteiger partial charge in [0.05, 0.1) is 12.3 Å². The molecule has 3 rings (SSSR count). The second-order valence-corrected chi connectivity index (χ2v) is 5.78. The number of halogens is 1. The third-order valence-corrected chi connectivity index (χ3v) is 3.74. The summed E-state index contributed by atoms with van der Waals surface area (Å²) in [5, 5.41) is 1.62. The minimum absolute atomic E-state index is 0.452. The summed E-state index contributed by atoms with van der Waals surface area (Å²) in [5.74, 6) is 0. The van der Waals surface area contributed by atoms with Crippen molar-refractivity contribution in [3.05, 3.63) is 70.2 Å². The number of nitrogens with zero attached hydrogens (tertiary/aromatic N) is 1. The SMILES string of the molecule is CCOCc1cc2cc(Cl)ccc2o/c1=N\c1ccc(C)cc1. The van der Waals surface area contributed by atoms with Crippen LogP contribution in [0.25, 0.3) is 11.0 Å². The van der Waals surface area contributed by atoms with Crippen LogP contribution in [0.2, 0.25) is 5.02 Å². The van der Waals surface area contributed by atoms with Gasteiger partial charge in [0.2, 0.25) is 5.55 Å². The molecule has 0 aliphatic rings. The van der Waals surface area contributed by atoms with Crippen molar-refractivity contribution in [2.75, 3.05) is 6.61 Å². The van der Waals surface area contributed by atoms with E-state index < -0.39 is 0 Å². The first kappa shape index (κ1) is 15.8. The molecule has 0 fully saturated rings. The van der Waals surface area contributed by atoms with Crippen molar-refractivity contribution >= 4 is 28.3 Å². The van der Waals surface area contributed by atoms with E-state index in [2.05, 4.69) is 11.9 Å². The van der Waals surface area contributed by atoms with Crippen LogP contribution in [0.1, 0.15) is 18.1 Å². The Bertz CT molecular complexity index is 882. The van der Waals surface area contributed by atoms with Gasteiger partial charge in [0.1, 0.15) is 5.58 Å². The van der Waals surface area contributed by atoms with Crippen molar-refractivity contribution < 1.29 is 9.15 Å². The second kappa shape index (κ2) is 6.99. The Morgan fingerprint density at radius 1 is 1.09 bits per heavy atom. The molecule has 1 heterocycles. The topological polar surface area (TPSA) is 34.7 Å². The van der Waals surface area contributed by atoms with Gasteiger partial charge in [-0.15, -0.1) is 0 Å². The summed E-state index contributed by atoms with van der Waals surface area (Å²) in [7, 11) is 0. The summed E-state index contributed by atoms with van der Waals surface area (Å²) in [6.45, 7) is 5.10. The highest BCUT2D eigenvalue weighted by Crippen LogP contribution is 2.20. The second-order valence-electron chi connectivity index (χ2n) is 5.34. The number of rotatable bonds is 4. The first-order valence-corrected chi connectivity index (χ1v) is 7.95. The van der Waals surface area contributed by atoms with Gasteiger partial charge in [0.15, 0.2) is 0 Å². The van der Waals surface area contributed by atoms with Gasteiger partial charge in [0, 0.05) is 22.6 Å². The molecule has 118 valence electrons. The summed E-state index contributed by atoms with van der Waals surface area (Å²) < 4.78 is 11.5. The molecule has 2 aromatic carbocycles. The van der Waals surface area contributed by atoms with E-state index in [4.69, 9.17) is 20.8 Å². The number of hydrogen-bond donors (Lipinski definition) is 0. The normalized spacial score (nSPS) is 12.0. The molecule has 1 aromatic heterocycles. The van der Waals surface area contributed by atoms with E-state index in [0.717, 1.165) is 22.2 Å². The predicted molar refractivity (Wildman–Crippen MR) is 93.0 cm³/mol. The van der Waals surface area contributed by atoms with Crippen molar-refractivity contribution in [2.45, 2.75) is 20.5 Å². The lowest BCUT2D eigenvalue weighted by Crippen LogP contribution is -2.10. The minimum atomic E-state index is 0.452. The van der Waals surface area contributed by atoms with Crippen LogP contribution in [0.4, 0.5) is 5.69 Å². The third-order valence-electron chi connectivity index (χ3n) is 3.51. The summed E-state index contributed by atoms with van der Waals surface area (Å²) in [6, 6.07) is 15.6. The zero-order valence-corrected chi connectivity index (χ0v) is 13.9. The van der Waals surface area contributed by atoms with Gasteiger partial charge in [-0.05, 0) is 50.2 Å². The Labute approximate surface area is 140 Å². The van der Waals surface area contributed by atoms with Crippen LogP contribution in [0.15, 0.2) is 57.9 Å². The molecular formula is C19H18ClNO2. The molecule has 0 radical (unpaired) electrons. The van der Waals surface area contributed by atoms with Crippen LogP contribution in [-0.4, -0.2) is 6.61 Å². The van der Waals surface area contributed by atoms with Gasteiger partial charge in [-0.25, -0.2) is 4.99 Å². The summed E-state index contributed by atoms with van der Waals surface area (Å²) in [6.07, 6.45) is 0. The first-order valence-electron chi connectivity index (χ1n) is 7.57. The van der Waals surface area contributed by atoms with E-state index in [1.165, 1.54) is 5.56 Å². The van der Waals surface area contributed by atoms with Gasteiger partial charge < -0.3 is 9.15 Å². The van der Waals surface area contributed by atoms with Gasteiger partial charge >= 0.3 is 0 Å². The molecule has 23 heavy (non-hydrogen) atoms. The molecule has 0 aliphatic heterocycles.